The summed E-state index contributed by atoms with van der Waals surface area (Å²) in [6.07, 6.45) is 3.32. The Balaban J connectivity index is 1.58. The number of likely N-dealkylation sites (tertiary alicyclic amines) is 1. The van der Waals surface area contributed by atoms with Gasteiger partial charge in [-0.2, -0.15) is 0 Å². The summed E-state index contributed by atoms with van der Waals surface area (Å²) in [4.78, 5) is 18.5. The monoisotopic (exact) mass is 320 g/mol. The predicted octanol–water partition coefficient (Wildman–Crippen LogP) is 3.49. The highest BCUT2D eigenvalue weighted by Crippen LogP contribution is 2.18. The minimum absolute atomic E-state index is 0.00369. The highest BCUT2D eigenvalue weighted by atomic mass is 32.1. The molecule has 0 N–H and O–H groups in total. The van der Waals surface area contributed by atoms with Gasteiger partial charge in [0.2, 0.25) is 0 Å². The Morgan fingerprint density at radius 1 is 1.23 bits per heavy atom. The van der Waals surface area contributed by atoms with Crippen molar-refractivity contribution in [3.8, 4) is 5.75 Å². The SMILES string of the molecule is O=C(c1csc(COc2ccc(F)cc2)n1)N1CCCCC1. The van der Waals surface area contributed by atoms with Crippen LogP contribution in [0.1, 0.15) is 34.8 Å². The van der Waals surface area contributed by atoms with Gasteiger partial charge in [0.05, 0.1) is 0 Å². The molecule has 1 amide bonds. The summed E-state index contributed by atoms with van der Waals surface area (Å²) in [6.45, 7) is 1.92. The molecule has 2 aromatic rings. The summed E-state index contributed by atoms with van der Waals surface area (Å²) in [5.74, 6) is 0.292. The lowest BCUT2D eigenvalue weighted by Crippen LogP contribution is -2.35. The van der Waals surface area contributed by atoms with Crippen LogP contribution in [0.2, 0.25) is 0 Å². The number of hydrogen-bond donors (Lipinski definition) is 0. The Bertz CT molecular complexity index is 636. The van der Waals surface area contributed by atoms with Gasteiger partial charge in [0.1, 0.15) is 28.9 Å². The summed E-state index contributed by atoms with van der Waals surface area (Å²) >= 11 is 1.41. The van der Waals surface area contributed by atoms with Crippen molar-refractivity contribution in [1.29, 1.82) is 0 Å². The second-order valence-corrected chi connectivity index (χ2v) is 6.16. The number of aromatic nitrogens is 1. The number of hydrogen-bond acceptors (Lipinski definition) is 4. The van der Waals surface area contributed by atoms with Crippen molar-refractivity contribution in [2.24, 2.45) is 0 Å². The van der Waals surface area contributed by atoms with Crippen molar-refractivity contribution in [3.63, 3.8) is 0 Å². The highest BCUT2D eigenvalue weighted by molar-refractivity contribution is 7.09. The van der Waals surface area contributed by atoms with Crippen LogP contribution in [0, 0.1) is 5.82 Å². The van der Waals surface area contributed by atoms with Gasteiger partial charge in [0.15, 0.2) is 0 Å². The smallest absolute Gasteiger partial charge is 0.273 e. The Kier molecular flexibility index (Phi) is 4.68. The van der Waals surface area contributed by atoms with Gasteiger partial charge in [-0.15, -0.1) is 11.3 Å². The van der Waals surface area contributed by atoms with E-state index in [9.17, 15) is 9.18 Å². The maximum absolute atomic E-state index is 12.8. The zero-order chi connectivity index (χ0) is 15.4. The number of benzene rings is 1. The number of piperidine rings is 1. The summed E-state index contributed by atoms with van der Waals surface area (Å²) in [5.41, 5.74) is 0.490. The number of thiazole rings is 1. The molecule has 2 heterocycles. The van der Waals surface area contributed by atoms with E-state index in [-0.39, 0.29) is 18.3 Å². The van der Waals surface area contributed by atoms with E-state index in [2.05, 4.69) is 4.98 Å². The first kappa shape index (κ1) is 15.0. The molecule has 1 fully saturated rings. The van der Waals surface area contributed by atoms with E-state index in [1.165, 1.54) is 29.9 Å². The van der Waals surface area contributed by atoms with E-state index >= 15 is 0 Å². The zero-order valence-electron chi connectivity index (χ0n) is 12.1. The van der Waals surface area contributed by atoms with Crippen LogP contribution in [0.4, 0.5) is 4.39 Å². The van der Waals surface area contributed by atoms with Crippen LogP contribution in [0.5, 0.6) is 5.75 Å². The maximum atomic E-state index is 12.8. The van der Waals surface area contributed by atoms with E-state index in [4.69, 9.17) is 4.74 Å². The molecule has 1 aromatic carbocycles. The molecule has 0 atom stereocenters. The van der Waals surface area contributed by atoms with E-state index < -0.39 is 0 Å². The molecule has 6 heteroatoms. The number of rotatable bonds is 4. The molecular formula is C16H17FN2O2S. The molecule has 0 aliphatic carbocycles. The average molecular weight is 320 g/mol. The lowest BCUT2D eigenvalue weighted by atomic mass is 10.1. The summed E-state index contributed by atoms with van der Waals surface area (Å²) in [7, 11) is 0. The van der Waals surface area contributed by atoms with Gasteiger partial charge in [-0.05, 0) is 43.5 Å². The lowest BCUT2D eigenvalue weighted by Gasteiger charge is -2.25. The topological polar surface area (TPSA) is 42.4 Å². The quantitative estimate of drug-likeness (QED) is 0.866. The summed E-state index contributed by atoms with van der Waals surface area (Å²) < 4.78 is 18.4. The molecule has 1 aliphatic heterocycles. The van der Waals surface area contributed by atoms with Crippen LogP contribution < -0.4 is 4.74 Å². The number of carbonyl (C=O) groups is 1. The molecule has 1 aromatic heterocycles. The Morgan fingerprint density at radius 2 is 1.95 bits per heavy atom. The van der Waals surface area contributed by atoms with Gasteiger partial charge in [-0.25, -0.2) is 9.37 Å². The second kappa shape index (κ2) is 6.87. The van der Waals surface area contributed by atoms with E-state index in [1.807, 2.05) is 4.90 Å². The molecule has 3 rings (SSSR count). The minimum Gasteiger partial charge on any atom is -0.486 e. The van der Waals surface area contributed by atoms with Gasteiger partial charge in [0, 0.05) is 18.5 Å². The van der Waals surface area contributed by atoms with Gasteiger partial charge in [-0.1, -0.05) is 0 Å². The number of amides is 1. The van der Waals surface area contributed by atoms with Gasteiger partial charge in [-0.3, -0.25) is 4.79 Å². The molecule has 0 saturated carbocycles. The van der Waals surface area contributed by atoms with E-state index in [0.717, 1.165) is 30.9 Å². The number of halogens is 1. The molecule has 0 spiro atoms. The molecular weight excluding hydrogens is 303 g/mol. The average Bonchev–Trinajstić information content (AvgIpc) is 3.03. The van der Waals surface area contributed by atoms with Gasteiger partial charge < -0.3 is 9.64 Å². The molecule has 0 bridgehead atoms. The van der Waals surface area contributed by atoms with Gasteiger partial charge >= 0.3 is 0 Å². The highest BCUT2D eigenvalue weighted by Gasteiger charge is 2.20. The van der Waals surface area contributed by atoms with Crippen molar-refractivity contribution >= 4 is 17.2 Å². The van der Waals surface area contributed by atoms with Crippen LogP contribution in [-0.2, 0) is 6.61 Å². The first-order chi connectivity index (χ1) is 10.7. The first-order valence-electron chi connectivity index (χ1n) is 7.34. The van der Waals surface area contributed by atoms with Crippen LogP contribution in [-0.4, -0.2) is 28.9 Å². The summed E-state index contributed by atoms with van der Waals surface area (Å²) in [5, 5.41) is 2.52. The molecule has 1 aliphatic rings. The minimum atomic E-state index is -0.295. The van der Waals surface area contributed by atoms with Crippen LogP contribution in [0.15, 0.2) is 29.6 Å². The lowest BCUT2D eigenvalue weighted by molar-refractivity contribution is 0.0719. The van der Waals surface area contributed by atoms with Crippen LogP contribution in [0.3, 0.4) is 0 Å². The van der Waals surface area contributed by atoms with E-state index in [0.29, 0.717) is 11.4 Å². The largest absolute Gasteiger partial charge is 0.486 e. The molecule has 0 radical (unpaired) electrons. The molecule has 0 unspecified atom stereocenters. The Morgan fingerprint density at radius 3 is 2.68 bits per heavy atom. The van der Waals surface area contributed by atoms with Crippen molar-refractivity contribution in [2.75, 3.05) is 13.1 Å². The predicted molar refractivity (Wildman–Crippen MR) is 82.6 cm³/mol. The second-order valence-electron chi connectivity index (χ2n) is 5.22. The third kappa shape index (κ3) is 3.62. The van der Waals surface area contributed by atoms with Crippen molar-refractivity contribution in [1.82, 2.24) is 9.88 Å². The Labute approximate surface area is 132 Å². The summed E-state index contributed by atoms with van der Waals surface area (Å²) in [6, 6.07) is 5.84. The van der Waals surface area contributed by atoms with Crippen molar-refractivity contribution < 1.29 is 13.9 Å². The third-order valence-corrected chi connectivity index (χ3v) is 4.41. The number of ether oxygens (including phenoxy) is 1. The molecule has 1 saturated heterocycles. The normalized spacial score (nSPS) is 14.9. The van der Waals surface area contributed by atoms with Gasteiger partial charge in [0.25, 0.3) is 5.91 Å². The number of nitrogens with zero attached hydrogens (tertiary/aromatic N) is 2. The zero-order valence-corrected chi connectivity index (χ0v) is 12.9. The fraction of sp³-hybridized carbons (Fsp3) is 0.375. The van der Waals surface area contributed by atoms with Crippen LogP contribution in [0.25, 0.3) is 0 Å². The van der Waals surface area contributed by atoms with E-state index in [1.54, 1.807) is 17.5 Å². The number of carbonyl (C=O) groups excluding carboxylic acids is 1. The molecule has 116 valence electrons. The first-order valence-corrected chi connectivity index (χ1v) is 8.22. The standard InChI is InChI=1S/C16H17FN2O2S/c17-12-4-6-13(7-5-12)21-10-15-18-14(11-22-15)16(20)19-8-2-1-3-9-19/h4-7,11H,1-3,8-10H2. The van der Waals surface area contributed by atoms with Crippen LogP contribution >= 0.6 is 11.3 Å². The third-order valence-electron chi connectivity index (χ3n) is 3.59. The molecule has 22 heavy (non-hydrogen) atoms. The fourth-order valence-corrected chi connectivity index (χ4v) is 3.09. The van der Waals surface area contributed by atoms with Crippen molar-refractivity contribution in [2.45, 2.75) is 25.9 Å². The maximum Gasteiger partial charge on any atom is 0.273 e. The Hall–Kier alpha value is -1.95. The van der Waals surface area contributed by atoms with Crippen molar-refractivity contribution in [3.05, 3.63) is 46.2 Å². The molecule has 4 nitrogen and oxygen atoms in total. The fourth-order valence-electron chi connectivity index (χ4n) is 2.41.